The van der Waals surface area contributed by atoms with Gasteiger partial charge in [-0.1, -0.05) is 12.1 Å². The lowest BCUT2D eigenvalue weighted by Gasteiger charge is -2.29. The van der Waals surface area contributed by atoms with Gasteiger partial charge < -0.3 is 21.1 Å². The molecule has 8 heteroatoms. The number of anilines is 2. The number of nitrogens with zero attached hydrogens (tertiary/aromatic N) is 4. The van der Waals surface area contributed by atoms with E-state index in [4.69, 9.17) is 5.73 Å². The Morgan fingerprint density at radius 1 is 1.09 bits per heavy atom. The van der Waals surface area contributed by atoms with Crippen LogP contribution in [-0.2, 0) is 0 Å². The largest absolute Gasteiger partial charge is 0.508 e. The normalized spacial score (nSPS) is 13.9. The average Bonchev–Trinajstić information content (AvgIpc) is 3.20. The molecule has 0 bridgehead atoms. The number of benzene rings is 2. The van der Waals surface area contributed by atoms with E-state index in [1.807, 2.05) is 25.1 Å². The van der Waals surface area contributed by atoms with E-state index in [-0.39, 0.29) is 5.75 Å². The summed E-state index contributed by atoms with van der Waals surface area (Å²) in [7, 11) is 0. The summed E-state index contributed by atoms with van der Waals surface area (Å²) in [5, 5.41) is 31.2. The minimum absolute atomic E-state index is 0.195. The number of fused-ring (bicyclic) bond motifs is 1. The van der Waals surface area contributed by atoms with Crippen LogP contribution in [-0.4, -0.2) is 46.5 Å². The van der Waals surface area contributed by atoms with Crippen molar-refractivity contribution in [3.8, 4) is 34.2 Å². The second kappa shape index (κ2) is 7.87. The predicted octanol–water partition coefficient (Wildman–Crippen LogP) is 3.17. The number of aryl methyl sites for hydroxylation is 1. The summed E-state index contributed by atoms with van der Waals surface area (Å²) < 4.78 is 0. The number of H-pyrrole nitrogens is 1. The first-order valence-corrected chi connectivity index (χ1v) is 10.5. The van der Waals surface area contributed by atoms with E-state index in [0.29, 0.717) is 39.2 Å². The number of hydrogen-bond donors (Lipinski definition) is 4. The summed E-state index contributed by atoms with van der Waals surface area (Å²) >= 11 is 0. The molecule has 1 aliphatic rings. The molecule has 0 saturated carbocycles. The molecule has 0 amide bonds. The average molecular weight is 425 g/mol. The molecule has 1 aliphatic heterocycles. The Morgan fingerprint density at radius 3 is 2.50 bits per heavy atom. The number of aromatic amines is 1. The van der Waals surface area contributed by atoms with Gasteiger partial charge in [-0.05, 0) is 48.4 Å². The second-order valence-electron chi connectivity index (χ2n) is 7.94. The van der Waals surface area contributed by atoms with Gasteiger partial charge in [0, 0.05) is 43.0 Å². The third kappa shape index (κ3) is 3.29. The number of aromatic nitrogens is 3. The second-order valence-corrected chi connectivity index (χ2v) is 7.94. The number of phenols is 1. The standard InChI is InChI=1S/C24H23N7O/c1-14-12-16(4-7-19(14)32)22-18(13-25)20(21-23(26)29-30-24(21)28-22)15-2-5-17(6-3-15)31-10-8-27-9-11-31/h2-7,12,27,32H,8-11H2,1H3,(H3,26,28,29,30). The molecule has 4 aromatic rings. The number of nitrogens with two attached hydrogens (primary N) is 1. The lowest BCUT2D eigenvalue weighted by Crippen LogP contribution is -2.43. The zero-order valence-corrected chi connectivity index (χ0v) is 17.7. The summed E-state index contributed by atoms with van der Waals surface area (Å²) in [6, 6.07) is 15.7. The summed E-state index contributed by atoms with van der Waals surface area (Å²) in [4.78, 5) is 6.98. The van der Waals surface area contributed by atoms with Crippen LogP contribution in [0.15, 0.2) is 42.5 Å². The van der Waals surface area contributed by atoms with E-state index < -0.39 is 0 Å². The van der Waals surface area contributed by atoms with Gasteiger partial charge in [0.15, 0.2) is 5.65 Å². The zero-order chi connectivity index (χ0) is 22.2. The van der Waals surface area contributed by atoms with Crippen LogP contribution in [0.3, 0.4) is 0 Å². The molecule has 32 heavy (non-hydrogen) atoms. The van der Waals surface area contributed by atoms with Crippen LogP contribution >= 0.6 is 0 Å². The molecule has 5 N–H and O–H groups in total. The van der Waals surface area contributed by atoms with Crippen molar-refractivity contribution >= 4 is 22.5 Å². The lowest BCUT2D eigenvalue weighted by atomic mass is 9.93. The third-order valence-electron chi connectivity index (χ3n) is 5.95. The number of rotatable bonds is 3. The Kier molecular flexibility index (Phi) is 4.88. The van der Waals surface area contributed by atoms with Crippen LogP contribution in [0.25, 0.3) is 33.4 Å². The van der Waals surface area contributed by atoms with Crippen molar-refractivity contribution in [2.45, 2.75) is 6.92 Å². The molecule has 2 aromatic heterocycles. The Bertz CT molecular complexity index is 1350. The number of aromatic hydroxyl groups is 1. The van der Waals surface area contributed by atoms with Gasteiger partial charge >= 0.3 is 0 Å². The maximum absolute atomic E-state index is 10.2. The Hall–Kier alpha value is -4.09. The summed E-state index contributed by atoms with van der Waals surface area (Å²) in [6.45, 7) is 5.66. The van der Waals surface area contributed by atoms with Crippen molar-refractivity contribution in [3.63, 3.8) is 0 Å². The molecule has 3 heterocycles. The fraction of sp³-hybridized carbons (Fsp3) is 0.208. The Balaban J connectivity index is 1.70. The number of hydrogen-bond acceptors (Lipinski definition) is 7. The molecule has 0 aliphatic carbocycles. The number of nitriles is 1. The fourth-order valence-electron chi connectivity index (χ4n) is 4.25. The first kappa shape index (κ1) is 19.8. The molecular weight excluding hydrogens is 402 g/mol. The molecule has 0 atom stereocenters. The number of piperazine rings is 1. The van der Waals surface area contributed by atoms with Crippen molar-refractivity contribution in [2.75, 3.05) is 36.8 Å². The highest BCUT2D eigenvalue weighted by molar-refractivity contribution is 6.04. The van der Waals surface area contributed by atoms with Gasteiger partial charge in [-0.2, -0.15) is 10.4 Å². The molecule has 1 saturated heterocycles. The SMILES string of the molecule is Cc1cc(-c2nc3n[nH]c(N)c3c(-c3ccc(N4CCNCC4)cc3)c2C#N)ccc1O. The number of pyridine rings is 1. The van der Waals surface area contributed by atoms with Crippen LogP contribution in [0, 0.1) is 18.3 Å². The first-order chi connectivity index (χ1) is 15.6. The number of nitrogen functional groups attached to an aromatic ring is 1. The minimum atomic E-state index is 0.195. The van der Waals surface area contributed by atoms with Gasteiger partial charge in [-0.3, -0.25) is 5.10 Å². The van der Waals surface area contributed by atoms with E-state index in [2.05, 4.69) is 43.6 Å². The summed E-state index contributed by atoms with van der Waals surface area (Å²) in [5.74, 6) is 0.569. The Labute approximate surface area is 185 Å². The summed E-state index contributed by atoms with van der Waals surface area (Å²) in [5.41, 5.74) is 11.7. The smallest absolute Gasteiger partial charge is 0.184 e. The van der Waals surface area contributed by atoms with Crippen LogP contribution in [0.1, 0.15) is 11.1 Å². The molecule has 1 fully saturated rings. The molecule has 2 aromatic carbocycles. The van der Waals surface area contributed by atoms with Gasteiger partial charge in [-0.15, -0.1) is 0 Å². The molecule has 0 spiro atoms. The van der Waals surface area contributed by atoms with Crippen molar-refractivity contribution in [1.29, 1.82) is 5.26 Å². The maximum atomic E-state index is 10.2. The monoisotopic (exact) mass is 425 g/mol. The van der Waals surface area contributed by atoms with Crippen LogP contribution in [0.4, 0.5) is 11.5 Å². The molecule has 5 rings (SSSR count). The van der Waals surface area contributed by atoms with Crippen molar-refractivity contribution in [3.05, 3.63) is 53.6 Å². The van der Waals surface area contributed by atoms with E-state index in [9.17, 15) is 10.4 Å². The highest BCUT2D eigenvalue weighted by atomic mass is 16.3. The van der Waals surface area contributed by atoms with Crippen LogP contribution in [0.2, 0.25) is 0 Å². The van der Waals surface area contributed by atoms with Crippen molar-refractivity contribution in [2.24, 2.45) is 0 Å². The van der Waals surface area contributed by atoms with Gasteiger partial charge in [0.1, 0.15) is 17.6 Å². The predicted molar refractivity (Wildman–Crippen MR) is 125 cm³/mol. The van der Waals surface area contributed by atoms with Crippen molar-refractivity contribution < 1.29 is 5.11 Å². The fourth-order valence-corrected chi connectivity index (χ4v) is 4.25. The molecule has 160 valence electrons. The number of phenolic OH excluding ortho intramolecular Hbond substituents is 1. The van der Waals surface area contributed by atoms with E-state index in [1.54, 1.807) is 12.1 Å². The van der Waals surface area contributed by atoms with E-state index in [0.717, 1.165) is 43.0 Å². The summed E-state index contributed by atoms with van der Waals surface area (Å²) in [6.07, 6.45) is 0. The van der Waals surface area contributed by atoms with E-state index >= 15 is 0 Å². The first-order valence-electron chi connectivity index (χ1n) is 10.5. The highest BCUT2D eigenvalue weighted by Gasteiger charge is 2.22. The van der Waals surface area contributed by atoms with Gasteiger partial charge in [0.05, 0.1) is 16.6 Å². The Morgan fingerprint density at radius 2 is 1.81 bits per heavy atom. The topological polar surface area (TPSA) is 127 Å². The van der Waals surface area contributed by atoms with Gasteiger partial charge in [-0.25, -0.2) is 4.98 Å². The molecular formula is C24H23N7O. The molecule has 0 unspecified atom stereocenters. The molecule has 8 nitrogen and oxygen atoms in total. The van der Waals surface area contributed by atoms with Crippen LogP contribution < -0.4 is 16.0 Å². The van der Waals surface area contributed by atoms with Gasteiger partial charge in [0.25, 0.3) is 0 Å². The number of nitrogens with one attached hydrogen (secondary N) is 2. The lowest BCUT2D eigenvalue weighted by molar-refractivity contribution is 0.471. The quantitative estimate of drug-likeness (QED) is 0.397. The highest BCUT2D eigenvalue weighted by Crippen LogP contribution is 2.39. The zero-order valence-electron chi connectivity index (χ0n) is 17.7. The third-order valence-corrected chi connectivity index (χ3v) is 5.95. The maximum Gasteiger partial charge on any atom is 0.184 e. The van der Waals surface area contributed by atoms with Crippen LogP contribution in [0.5, 0.6) is 5.75 Å². The molecule has 0 radical (unpaired) electrons. The van der Waals surface area contributed by atoms with Gasteiger partial charge in [0.2, 0.25) is 0 Å². The minimum Gasteiger partial charge on any atom is -0.508 e. The van der Waals surface area contributed by atoms with Crippen molar-refractivity contribution in [1.82, 2.24) is 20.5 Å². The van der Waals surface area contributed by atoms with E-state index in [1.165, 1.54) is 0 Å².